The average molecular weight is 281 g/mol. The van der Waals surface area contributed by atoms with E-state index in [1.54, 1.807) is 12.4 Å². The summed E-state index contributed by atoms with van der Waals surface area (Å²) < 4.78 is 0.829. The van der Waals surface area contributed by atoms with Gasteiger partial charge in [0.25, 0.3) is 0 Å². The monoisotopic (exact) mass is 280 g/mol. The highest BCUT2D eigenvalue weighted by Gasteiger charge is 2.41. The standard InChI is InChI=1S/C12H13BrN2O/c13-10-5-9(6-15-7-10)11(16)12(8-14)3-1-2-4-12/h5-7,11,16H,1-4H2. The second-order valence-electron chi connectivity index (χ2n) is 4.31. The molecule has 4 heteroatoms. The lowest BCUT2D eigenvalue weighted by atomic mass is 9.79. The minimum Gasteiger partial charge on any atom is -0.387 e. The van der Waals surface area contributed by atoms with Crippen LogP contribution in [0.1, 0.15) is 37.4 Å². The Balaban J connectivity index is 2.31. The van der Waals surface area contributed by atoms with Gasteiger partial charge in [-0.3, -0.25) is 4.98 Å². The summed E-state index contributed by atoms with van der Waals surface area (Å²) in [5.41, 5.74) is 0.112. The first kappa shape index (κ1) is 11.6. The zero-order chi connectivity index (χ0) is 11.6. The summed E-state index contributed by atoms with van der Waals surface area (Å²) in [4.78, 5) is 4.03. The van der Waals surface area contributed by atoms with Crippen LogP contribution in [0.3, 0.4) is 0 Å². The van der Waals surface area contributed by atoms with Crippen molar-refractivity contribution in [3.05, 3.63) is 28.5 Å². The lowest BCUT2D eigenvalue weighted by Gasteiger charge is -2.26. The van der Waals surface area contributed by atoms with Gasteiger partial charge >= 0.3 is 0 Å². The topological polar surface area (TPSA) is 56.9 Å². The first-order chi connectivity index (χ1) is 7.68. The summed E-state index contributed by atoms with van der Waals surface area (Å²) in [5, 5.41) is 19.6. The second-order valence-corrected chi connectivity index (χ2v) is 5.23. The minimum atomic E-state index is -0.731. The van der Waals surface area contributed by atoms with Gasteiger partial charge in [0.2, 0.25) is 0 Å². The van der Waals surface area contributed by atoms with Gasteiger partial charge in [0.05, 0.1) is 17.6 Å². The van der Waals surface area contributed by atoms with Crippen LogP contribution in [-0.2, 0) is 0 Å². The molecule has 1 aromatic heterocycles. The molecule has 1 atom stereocenters. The van der Waals surface area contributed by atoms with E-state index in [1.165, 1.54) is 0 Å². The molecule has 1 fully saturated rings. The van der Waals surface area contributed by atoms with E-state index < -0.39 is 11.5 Å². The Bertz CT molecular complexity index is 421. The van der Waals surface area contributed by atoms with E-state index in [2.05, 4.69) is 27.0 Å². The largest absolute Gasteiger partial charge is 0.387 e. The number of aliphatic hydroxyl groups is 1. The van der Waals surface area contributed by atoms with Gasteiger partial charge in [-0.25, -0.2) is 0 Å². The summed E-state index contributed by atoms with van der Waals surface area (Å²) in [6.07, 6.45) is 6.16. The highest BCUT2D eigenvalue weighted by atomic mass is 79.9. The molecule has 84 valence electrons. The second kappa shape index (κ2) is 4.52. The first-order valence-corrected chi connectivity index (χ1v) is 6.17. The third-order valence-corrected chi connectivity index (χ3v) is 3.72. The van der Waals surface area contributed by atoms with Gasteiger partial charge in [0, 0.05) is 22.4 Å². The molecule has 0 bridgehead atoms. The van der Waals surface area contributed by atoms with E-state index in [-0.39, 0.29) is 0 Å². The molecule has 0 aromatic carbocycles. The fraction of sp³-hybridized carbons (Fsp3) is 0.500. The van der Waals surface area contributed by atoms with Crippen LogP contribution < -0.4 is 0 Å². The number of halogens is 1. The maximum Gasteiger partial charge on any atom is 0.0991 e. The molecule has 1 heterocycles. The first-order valence-electron chi connectivity index (χ1n) is 5.38. The van der Waals surface area contributed by atoms with Gasteiger partial charge in [-0.05, 0) is 34.8 Å². The van der Waals surface area contributed by atoms with Crippen LogP contribution in [0.5, 0.6) is 0 Å². The molecule has 1 unspecified atom stereocenters. The fourth-order valence-electron chi connectivity index (χ4n) is 2.35. The number of aromatic nitrogens is 1. The van der Waals surface area contributed by atoms with Gasteiger partial charge < -0.3 is 5.11 Å². The molecule has 1 saturated carbocycles. The number of nitrogens with zero attached hydrogens (tertiary/aromatic N) is 2. The van der Waals surface area contributed by atoms with Gasteiger partial charge in [-0.15, -0.1) is 0 Å². The lowest BCUT2D eigenvalue weighted by Crippen LogP contribution is -2.24. The average Bonchev–Trinajstić information content (AvgIpc) is 2.78. The predicted molar refractivity (Wildman–Crippen MR) is 63.4 cm³/mol. The highest BCUT2D eigenvalue weighted by molar-refractivity contribution is 9.10. The van der Waals surface area contributed by atoms with Crippen molar-refractivity contribution in [3.63, 3.8) is 0 Å². The number of pyridine rings is 1. The molecule has 3 nitrogen and oxygen atoms in total. The van der Waals surface area contributed by atoms with E-state index in [9.17, 15) is 10.4 Å². The Labute approximate surface area is 103 Å². The Hall–Kier alpha value is -0.920. The van der Waals surface area contributed by atoms with Crippen molar-refractivity contribution < 1.29 is 5.11 Å². The van der Waals surface area contributed by atoms with Crippen molar-refractivity contribution in [1.82, 2.24) is 4.98 Å². The molecule has 1 N–H and O–H groups in total. The third kappa shape index (κ3) is 1.98. The number of nitriles is 1. The Morgan fingerprint density at radius 1 is 1.44 bits per heavy atom. The number of aliphatic hydroxyl groups excluding tert-OH is 1. The molecule has 1 aliphatic carbocycles. The molecular formula is C12H13BrN2O. The van der Waals surface area contributed by atoms with E-state index in [4.69, 9.17) is 0 Å². The van der Waals surface area contributed by atoms with Gasteiger partial charge in [-0.2, -0.15) is 5.26 Å². The van der Waals surface area contributed by atoms with Crippen molar-refractivity contribution in [3.8, 4) is 6.07 Å². The highest BCUT2D eigenvalue weighted by Crippen LogP contribution is 2.47. The Kier molecular flexibility index (Phi) is 3.27. The Morgan fingerprint density at radius 2 is 2.12 bits per heavy atom. The van der Waals surface area contributed by atoms with Crippen LogP contribution in [-0.4, -0.2) is 10.1 Å². The van der Waals surface area contributed by atoms with Crippen LogP contribution in [0.4, 0.5) is 0 Å². The van der Waals surface area contributed by atoms with Crippen LogP contribution in [0, 0.1) is 16.7 Å². The van der Waals surface area contributed by atoms with Crippen LogP contribution >= 0.6 is 15.9 Å². The molecule has 0 amide bonds. The van der Waals surface area contributed by atoms with E-state index >= 15 is 0 Å². The number of rotatable bonds is 2. The summed E-state index contributed by atoms with van der Waals surface area (Å²) in [6, 6.07) is 4.13. The molecule has 2 rings (SSSR count). The summed E-state index contributed by atoms with van der Waals surface area (Å²) in [7, 11) is 0. The van der Waals surface area contributed by atoms with Crippen molar-refractivity contribution in [2.24, 2.45) is 5.41 Å². The molecule has 1 aromatic rings. The lowest BCUT2D eigenvalue weighted by molar-refractivity contribution is 0.0667. The maximum absolute atomic E-state index is 10.3. The van der Waals surface area contributed by atoms with Gasteiger partial charge in [-0.1, -0.05) is 12.8 Å². The van der Waals surface area contributed by atoms with E-state index in [1.807, 2.05) is 6.07 Å². The summed E-state index contributed by atoms with van der Waals surface area (Å²) in [6.45, 7) is 0. The predicted octanol–water partition coefficient (Wildman–Crippen LogP) is 2.96. The smallest absolute Gasteiger partial charge is 0.0991 e. The van der Waals surface area contributed by atoms with Crippen LogP contribution in [0.15, 0.2) is 22.9 Å². The summed E-state index contributed by atoms with van der Waals surface area (Å²) >= 11 is 3.32. The minimum absolute atomic E-state index is 0.609. The van der Waals surface area contributed by atoms with Crippen molar-refractivity contribution in [1.29, 1.82) is 5.26 Å². The van der Waals surface area contributed by atoms with Crippen LogP contribution in [0.2, 0.25) is 0 Å². The third-order valence-electron chi connectivity index (χ3n) is 3.28. The van der Waals surface area contributed by atoms with Crippen molar-refractivity contribution in [2.75, 3.05) is 0 Å². The SMILES string of the molecule is N#CC1(C(O)c2cncc(Br)c2)CCCC1. The number of hydrogen-bond donors (Lipinski definition) is 1. The quantitative estimate of drug-likeness (QED) is 0.906. The normalized spacial score (nSPS) is 20.3. The molecular weight excluding hydrogens is 268 g/mol. The summed E-state index contributed by atoms with van der Waals surface area (Å²) in [5.74, 6) is 0. The van der Waals surface area contributed by atoms with Crippen molar-refractivity contribution >= 4 is 15.9 Å². The molecule has 1 aliphatic rings. The molecule has 16 heavy (non-hydrogen) atoms. The molecule has 0 spiro atoms. The van der Waals surface area contributed by atoms with E-state index in [0.717, 1.165) is 35.7 Å². The number of hydrogen-bond acceptors (Lipinski definition) is 3. The molecule has 0 saturated heterocycles. The van der Waals surface area contributed by atoms with Crippen LogP contribution in [0.25, 0.3) is 0 Å². The maximum atomic E-state index is 10.3. The van der Waals surface area contributed by atoms with Gasteiger partial charge in [0.15, 0.2) is 0 Å². The zero-order valence-electron chi connectivity index (χ0n) is 8.86. The molecule has 0 aliphatic heterocycles. The van der Waals surface area contributed by atoms with Gasteiger partial charge in [0.1, 0.15) is 0 Å². The molecule has 0 radical (unpaired) electrons. The Morgan fingerprint density at radius 3 is 2.69 bits per heavy atom. The fourth-order valence-corrected chi connectivity index (χ4v) is 2.73. The zero-order valence-corrected chi connectivity index (χ0v) is 10.4. The van der Waals surface area contributed by atoms with E-state index in [0.29, 0.717) is 0 Å². The van der Waals surface area contributed by atoms with Crippen molar-refractivity contribution in [2.45, 2.75) is 31.8 Å².